The van der Waals surface area contributed by atoms with E-state index >= 15 is 4.39 Å². The summed E-state index contributed by atoms with van der Waals surface area (Å²) in [6.45, 7) is 2.68. The number of aliphatic hydroxyl groups is 1. The molecule has 2 aromatic carbocycles. The van der Waals surface area contributed by atoms with Crippen molar-refractivity contribution in [3.63, 3.8) is 0 Å². The lowest BCUT2D eigenvalue weighted by Gasteiger charge is -2.44. The van der Waals surface area contributed by atoms with Crippen molar-refractivity contribution < 1.29 is 23.1 Å². The Hall–Kier alpha value is -3.69. The Labute approximate surface area is 232 Å². The third kappa shape index (κ3) is 5.36. The first kappa shape index (κ1) is 27.9. The number of rotatable bonds is 6. The molecule has 2 unspecified atom stereocenters. The molecule has 0 aliphatic carbocycles. The molecule has 1 N–H and O–H groups in total. The average molecular weight is 551 g/mol. The topological polar surface area (TPSA) is 59.9 Å². The predicted molar refractivity (Wildman–Crippen MR) is 147 cm³/mol. The van der Waals surface area contributed by atoms with Gasteiger partial charge in [0.25, 0.3) is 0 Å². The minimum absolute atomic E-state index is 0.0222. The monoisotopic (exact) mass is 550 g/mol. The fourth-order valence-corrected chi connectivity index (χ4v) is 5.77. The van der Waals surface area contributed by atoms with Crippen LogP contribution in [0.5, 0.6) is 0 Å². The lowest BCUT2D eigenvalue weighted by Crippen LogP contribution is -2.58. The van der Waals surface area contributed by atoms with Crippen LogP contribution in [0.2, 0.25) is 0 Å². The summed E-state index contributed by atoms with van der Waals surface area (Å²) in [7, 11) is 1.56. The third-order valence-corrected chi connectivity index (χ3v) is 8.01. The number of aliphatic hydroxyl groups excluding tert-OH is 1. The van der Waals surface area contributed by atoms with Crippen molar-refractivity contribution in [2.24, 2.45) is 0 Å². The number of pyridine rings is 1. The summed E-state index contributed by atoms with van der Waals surface area (Å²) >= 11 is 0. The number of aryl methyl sites for hydroxylation is 1. The fourth-order valence-electron chi connectivity index (χ4n) is 5.77. The molecule has 0 saturated carbocycles. The molecule has 6 nitrogen and oxygen atoms in total. The maximum absolute atomic E-state index is 15.6. The van der Waals surface area contributed by atoms with E-state index in [1.54, 1.807) is 43.6 Å². The zero-order valence-electron chi connectivity index (χ0n) is 22.6. The van der Waals surface area contributed by atoms with Gasteiger partial charge in [0.15, 0.2) is 0 Å². The van der Waals surface area contributed by atoms with Gasteiger partial charge < -0.3 is 14.9 Å². The molecule has 0 radical (unpaired) electrons. The van der Waals surface area contributed by atoms with Gasteiger partial charge in [0.05, 0.1) is 12.6 Å². The summed E-state index contributed by atoms with van der Waals surface area (Å²) in [4.78, 5) is 23.2. The number of piperidine rings is 1. The Kier molecular flexibility index (Phi) is 7.96. The maximum Gasteiger partial charge on any atom is 0.321 e. The van der Waals surface area contributed by atoms with Gasteiger partial charge in [-0.05, 0) is 60.4 Å². The molecule has 40 heavy (non-hydrogen) atoms. The number of hydrogen-bond donors (Lipinski definition) is 1. The first-order valence-corrected chi connectivity index (χ1v) is 13.4. The van der Waals surface area contributed by atoms with Gasteiger partial charge in [-0.2, -0.15) is 0 Å². The van der Waals surface area contributed by atoms with Crippen LogP contribution in [0.3, 0.4) is 0 Å². The molecule has 5 rings (SSSR count). The van der Waals surface area contributed by atoms with Crippen LogP contribution in [0.15, 0.2) is 72.9 Å². The average Bonchev–Trinajstić information content (AvgIpc) is 3.36. The second-order valence-electron chi connectivity index (χ2n) is 10.6. The van der Waals surface area contributed by atoms with Crippen LogP contribution in [0.4, 0.5) is 18.0 Å². The molecule has 9 heteroatoms. The minimum atomic E-state index is -1.33. The molecule has 2 amide bonds. The number of alkyl halides is 1. The van der Waals surface area contributed by atoms with Crippen LogP contribution >= 0.6 is 0 Å². The van der Waals surface area contributed by atoms with E-state index in [0.717, 1.165) is 29.5 Å². The largest absolute Gasteiger partial charge is 0.393 e. The van der Waals surface area contributed by atoms with E-state index in [1.165, 1.54) is 9.80 Å². The first-order chi connectivity index (χ1) is 19.2. The van der Waals surface area contributed by atoms with Gasteiger partial charge in [0, 0.05) is 50.7 Å². The molecule has 1 aromatic heterocycles. The lowest BCUT2D eigenvalue weighted by atomic mass is 9.89. The summed E-state index contributed by atoms with van der Waals surface area (Å²) in [5, 5.41) is 10.7. The van der Waals surface area contributed by atoms with Gasteiger partial charge in [0.2, 0.25) is 0 Å². The summed E-state index contributed by atoms with van der Waals surface area (Å²) < 4.78 is 44.4. The van der Waals surface area contributed by atoms with E-state index < -0.39 is 42.0 Å². The van der Waals surface area contributed by atoms with Crippen molar-refractivity contribution in [1.29, 1.82) is 0 Å². The summed E-state index contributed by atoms with van der Waals surface area (Å²) in [6.07, 6.45) is 2.54. The maximum atomic E-state index is 15.6. The molecular formula is C31H33F3N4O2. The number of benzene rings is 2. The number of carbonyl (C=O) groups is 1. The lowest BCUT2D eigenvalue weighted by molar-refractivity contribution is 0.0335. The van der Waals surface area contributed by atoms with Gasteiger partial charge in [-0.1, -0.05) is 36.4 Å². The molecule has 0 bridgehead atoms. The van der Waals surface area contributed by atoms with E-state index in [2.05, 4.69) is 4.98 Å². The number of amides is 2. The third-order valence-electron chi connectivity index (χ3n) is 8.01. The molecule has 0 spiro atoms. The molecular weight excluding hydrogens is 517 g/mol. The fraction of sp³-hybridized carbons (Fsp3) is 0.355. The first-order valence-electron chi connectivity index (χ1n) is 13.4. The summed E-state index contributed by atoms with van der Waals surface area (Å²) in [5.41, 5.74) is 1.59. The number of carbonyl (C=O) groups excluding carboxylic acids is 1. The van der Waals surface area contributed by atoms with E-state index in [4.69, 9.17) is 0 Å². The zero-order valence-corrected chi connectivity index (χ0v) is 22.6. The van der Waals surface area contributed by atoms with E-state index in [0.29, 0.717) is 30.6 Å². The Morgan fingerprint density at radius 3 is 2.60 bits per heavy atom. The smallest absolute Gasteiger partial charge is 0.321 e. The van der Waals surface area contributed by atoms with Gasteiger partial charge in [-0.15, -0.1) is 0 Å². The number of urea groups is 1. The Morgan fingerprint density at radius 2 is 1.93 bits per heavy atom. The normalized spacial score (nSPS) is 23.2. The number of aromatic nitrogens is 1. The van der Waals surface area contributed by atoms with Gasteiger partial charge in [0.1, 0.15) is 23.3 Å². The van der Waals surface area contributed by atoms with Crippen LogP contribution in [0.25, 0.3) is 5.57 Å². The molecule has 1 fully saturated rings. The highest BCUT2D eigenvalue weighted by Crippen LogP contribution is 2.41. The zero-order chi connectivity index (χ0) is 28.4. The number of hydrogen-bond acceptors (Lipinski definition) is 4. The van der Waals surface area contributed by atoms with Crippen molar-refractivity contribution in [1.82, 2.24) is 19.7 Å². The molecule has 3 atom stereocenters. The van der Waals surface area contributed by atoms with Crippen molar-refractivity contribution in [3.8, 4) is 0 Å². The van der Waals surface area contributed by atoms with Crippen molar-refractivity contribution in [3.05, 3.63) is 107 Å². The standard InChI is InChI=1S/C31H33F3N4O2/c1-21-8-9-22(16-35-21)17-37-13-12-29(28(34)19-37)36(2)30(40)38-18-23(26-14-25(32)10-11-27(26)33)15-31(38,20-39)24-6-4-3-5-7-24/h3-11,14-16,28-29,39H,12-13,17-20H2,1-2H3/t28?,29?,31-/m1/s1. The van der Waals surface area contributed by atoms with Crippen LogP contribution in [0, 0.1) is 18.6 Å². The van der Waals surface area contributed by atoms with Crippen LogP contribution in [0.1, 0.15) is 28.8 Å². The highest BCUT2D eigenvalue weighted by Gasteiger charge is 2.47. The Morgan fingerprint density at radius 1 is 1.15 bits per heavy atom. The molecule has 1 saturated heterocycles. The predicted octanol–water partition coefficient (Wildman–Crippen LogP) is 4.92. The molecule has 3 heterocycles. The van der Waals surface area contributed by atoms with Crippen LogP contribution in [-0.4, -0.2) is 76.3 Å². The second kappa shape index (κ2) is 11.4. The van der Waals surface area contributed by atoms with Gasteiger partial charge in [-0.25, -0.2) is 18.0 Å². The Balaban J connectivity index is 1.39. The SMILES string of the molecule is Cc1ccc(CN2CCC(N(C)C(=O)N3CC(c4cc(F)ccc4F)=C[C@@]3(CO)c3ccccc3)C(F)C2)cn1. The summed E-state index contributed by atoms with van der Waals surface area (Å²) in [6, 6.07) is 14.8. The highest BCUT2D eigenvalue weighted by atomic mass is 19.1. The quantitative estimate of drug-likeness (QED) is 0.474. The van der Waals surface area contributed by atoms with Crippen molar-refractivity contribution in [2.75, 3.05) is 33.3 Å². The summed E-state index contributed by atoms with van der Waals surface area (Å²) in [5.74, 6) is -1.24. The van der Waals surface area contributed by atoms with Gasteiger partial charge >= 0.3 is 6.03 Å². The molecule has 3 aromatic rings. The molecule has 210 valence electrons. The van der Waals surface area contributed by atoms with Crippen molar-refractivity contribution in [2.45, 2.75) is 37.6 Å². The second-order valence-corrected chi connectivity index (χ2v) is 10.6. The van der Waals surface area contributed by atoms with Crippen molar-refractivity contribution >= 4 is 11.6 Å². The molecule has 2 aliphatic rings. The number of likely N-dealkylation sites (tertiary alicyclic amines) is 1. The van der Waals surface area contributed by atoms with E-state index in [9.17, 15) is 18.7 Å². The number of halogens is 3. The molecule has 2 aliphatic heterocycles. The van der Waals surface area contributed by atoms with E-state index in [1.807, 2.05) is 30.0 Å². The Bertz CT molecular complexity index is 1390. The minimum Gasteiger partial charge on any atom is -0.393 e. The van der Waals surface area contributed by atoms with Crippen LogP contribution in [-0.2, 0) is 12.1 Å². The van der Waals surface area contributed by atoms with Crippen LogP contribution < -0.4 is 0 Å². The van der Waals surface area contributed by atoms with Gasteiger partial charge in [-0.3, -0.25) is 9.88 Å². The van der Waals surface area contributed by atoms with E-state index in [-0.39, 0.29) is 18.7 Å². The highest BCUT2D eigenvalue weighted by molar-refractivity contribution is 5.83. The number of nitrogens with zero attached hydrogens (tertiary/aromatic N) is 4.